The molecule has 0 aliphatic rings. The van der Waals surface area contributed by atoms with Gasteiger partial charge in [0.25, 0.3) is 0 Å². The fourth-order valence-electron chi connectivity index (χ4n) is 5.62. The van der Waals surface area contributed by atoms with Crippen molar-refractivity contribution in [3.05, 3.63) is 48.6 Å². The van der Waals surface area contributed by atoms with Crippen LogP contribution in [0.2, 0.25) is 0 Å². The van der Waals surface area contributed by atoms with E-state index in [0.717, 1.165) is 83.5 Å². The van der Waals surface area contributed by atoms with E-state index in [2.05, 4.69) is 62.5 Å². The lowest BCUT2D eigenvalue weighted by atomic mass is 10.0. The predicted molar refractivity (Wildman–Crippen MR) is 220 cm³/mol. The van der Waals surface area contributed by atoms with Crippen molar-refractivity contribution >= 4 is 19.8 Å². The van der Waals surface area contributed by atoms with Gasteiger partial charge in [0, 0.05) is 19.4 Å². The van der Waals surface area contributed by atoms with E-state index >= 15 is 0 Å². The lowest BCUT2D eigenvalue weighted by Gasteiger charge is -2.19. The molecule has 0 aromatic carbocycles. The van der Waals surface area contributed by atoms with E-state index in [1.165, 1.54) is 64.2 Å². The fraction of sp³-hybridized carbons (Fsp3) is 0.767. The molecule has 0 saturated carbocycles. The van der Waals surface area contributed by atoms with Gasteiger partial charge < -0.3 is 20.1 Å². The third kappa shape index (κ3) is 39.5. The van der Waals surface area contributed by atoms with Gasteiger partial charge in [0.15, 0.2) is 6.10 Å². The van der Waals surface area contributed by atoms with Gasteiger partial charge in [-0.15, -0.1) is 0 Å². The van der Waals surface area contributed by atoms with E-state index in [9.17, 15) is 19.0 Å². The van der Waals surface area contributed by atoms with Crippen molar-refractivity contribution in [1.29, 1.82) is 0 Å². The molecule has 0 spiro atoms. The maximum Gasteiger partial charge on any atom is 0.472 e. The van der Waals surface area contributed by atoms with Crippen LogP contribution in [0, 0.1) is 0 Å². The number of carbonyl (C=O) groups excluding carboxylic acids is 2. The SMILES string of the molecule is CCC=CCC=CCC=CCC=CCCCCCCCCC(=O)OC(COC(=O)CCCCCCCCCCCCCCC)COP(=O)(O)OCCN. The van der Waals surface area contributed by atoms with Crippen LogP contribution in [0.15, 0.2) is 48.6 Å². The minimum absolute atomic E-state index is 0.0500. The van der Waals surface area contributed by atoms with Crippen molar-refractivity contribution in [3.63, 3.8) is 0 Å². The molecule has 0 aliphatic carbocycles. The van der Waals surface area contributed by atoms with Crippen molar-refractivity contribution < 1.29 is 37.6 Å². The first-order valence-corrected chi connectivity index (χ1v) is 22.6. The molecule has 0 saturated heterocycles. The zero-order valence-corrected chi connectivity index (χ0v) is 34.6. The van der Waals surface area contributed by atoms with E-state index in [1.54, 1.807) is 0 Å². The first kappa shape index (κ1) is 51.0. The molecular weight excluding hydrogens is 689 g/mol. The van der Waals surface area contributed by atoms with E-state index in [1.807, 2.05) is 0 Å². The summed E-state index contributed by atoms with van der Waals surface area (Å²) in [5.41, 5.74) is 5.34. The summed E-state index contributed by atoms with van der Waals surface area (Å²) in [6.07, 6.45) is 44.2. The highest BCUT2D eigenvalue weighted by molar-refractivity contribution is 7.47. The Balaban J connectivity index is 4.19. The van der Waals surface area contributed by atoms with Gasteiger partial charge in [0.2, 0.25) is 0 Å². The van der Waals surface area contributed by atoms with Crippen LogP contribution in [0.4, 0.5) is 0 Å². The Morgan fingerprint density at radius 3 is 1.55 bits per heavy atom. The van der Waals surface area contributed by atoms with Gasteiger partial charge >= 0.3 is 19.8 Å². The van der Waals surface area contributed by atoms with Crippen molar-refractivity contribution in [2.45, 2.75) is 187 Å². The number of esters is 2. The number of hydrogen-bond donors (Lipinski definition) is 2. The van der Waals surface area contributed by atoms with Crippen LogP contribution in [-0.2, 0) is 32.7 Å². The van der Waals surface area contributed by atoms with Crippen molar-refractivity contribution in [2.24, 2.45) is 5.73 Å². The summed E-state index contributed by atoms with van der Waals surface area (Å²) in [6.45, 7) is 3.60. The monoisotopic (exact) mass is 768 g/mol. The number of nitrogens with two attached hydrogens (primary N) is 1. The summed E-state index contributed by atoms with van der Waals surface area (Å²) in [7, 11) is -4.38. The highest BCUT2D eigenvalue weighted by Crippen LogP contribution is 2.43. The fourth-order valence-corrected chi connectivity index (χ4v) is 6.39. The Hall–Kier alpha value is -2.03. The molecule has 53 heavy (non-hydrogen) atoms. The highest BCUT2D eigenvalue weighted by atomic mass is 31.2. The second-order valence-corrected chi connectivity index (χ2v) is 15.3. The number of unbranched alkanes of at least 4 members (excludes halogenated alkanes) is 18. The quantitative estimate of drug-likeness (QED) is 0.0271. The van der Waals surface area contributed by atoms with Gasteiger partial charge in [0.05, 0.1) is 13.2 Å². The number of phosphoric acid groups is 1. The second kappa shape index (κ2) is 39.7. The summed E-state index contributed by atoms with van der Waals surface area (Å²) < 4.78 is 32.7. The van der Waals surface area contributed by atoms with E-state index < -0.39 is 26.5 Å². The second-order valence-electron chi connectivity index (χ2n) is 13.8. The van der Waals surface area contributed by atoms with Crippen LogP contribution < -0.4 is 5.73 Å². The van der Waals surface area contributed by atoms with Gasteiger partial charge in [-0.3, -0.25) is 18.6 Å². The van der Waals surface area contributed by atoms with Crippen molar-refractivity contribution in [1.82, 2.24) is 0 Å². The van der Waals surface area contributed by atoms with Crippen LogP contribution in [0.5, 0.6) is 0 Å². The summed E-state index contributed by atoms with van der Waals surface area (Å²) in [4.78, 5) is 34.8. The smallest absolute Gasteiger partial charge is 0.462 e. The molecule has 0 aliphatic heterocycles. The number of rotatable bonds is 39. The van der Waals surface area contributed by atoms with Gasteiger partial charge in [-0.25, -0.2) is 4.57 Å². The molecule has 0 fully saturated rings. The van der Waals surface area contributed by atoms with Crippen LogP contribution >= 0.6 is 7.82 Å². The number of allylic oxidation sites excluding steroid dienone is 8. The highest BCUT2D eigenvalue weighted by Gasteiger charge is 2.26. The van der Waals surface area contributed by atoms with Crippen molar-refractivity contribution in [2.75, 3.05) is 26.4 Å². The van der Waals surface area contributed by atoms with Gasteiger partial charge in [0.1, 0.15) is 6.61 Å². The molecular formula is C43H78NO8P. The molecule has 308 valence electrons. The summed E-state index contributed by atoms with van der Waals surface area (Å²) in [6, 6.07) is 0. The van der Waals surface area contributed by atoms with E-state index in [-0.39, 0.29) is 38.6 Å². The van der Waals surface area contributed by atoms with Gasteiger partial charge in [-0.2, -0.15) is 0 Å². The minimum Gasteiger partial charge on any atom is -0.462 e. The summed E-state index contributed by atoms with van der Waals surface area (Å²) in [5, 5.41) is 0. The molecule has 0 radical (unpaired) electrons. The standard InChI is InChI=1S/C43H78NO8P/c1-3-5-7-9-11-13-15-17-18-19-20-21-22-24-26-28-30-32-34-36-43(46)52-41(40-51-53(47,48)50-38-37-44)39-49-42(45)35-33-31-29-27-25-23-16-14-12-10-8-6-4-2/h5,7,11,13,17-18,20-21,41H,3-4,6,8-10,12,14-16,19,22-40,44H2,1-2H3,(H,47,48). The molecule has 0 aromatic heterocycles. The Morgan fingerprint density at radius 1 is 0.585 bits per heavy atom. The van der Waals surface area contributed by atoms with E-state index in [0.29, 0.717) is 6.42 Å². The zero-order chi connectivity index (χ0) is 38.9. The largest absolute Gasteiger partial charge is 0.472 e. The third-order valence-corrected chi connectivity index (χ3v) is 9.71. The molecule has 0 aromatic rings. The van der Waals surface area contributed by atoms with Crippen molar-refractivity contribution in [3.8, 4) is 0 Å². The summed E-state index contributed by atoms with van der Waals surface area (Å²) in [5.74, 6) is -0.844. The maximum absolute atomic E-state index is 12.6. The van der Waals surface area contributed by atoms with Gasteiger partial charge in [-0.1, -0.05) is 165 Å². The zero-order valence-electron chi connectivity index (χ0n) is 33.7. The Bertz CT molecular complexity index is 1010. The Morgan fingerprint density at radius 2 is 1.04 bits per heavy atom. The van der Waals surface area contributed by atoms with Crippen LogP contribution in [0.25, 0.3) is 0 Å². The molecule has 3 N–H and O–H groups in total. The molecule has 2 unspecified atom stereocenters. The molecule has 0 amide bonds. The molecule has 0 heterocycles. The average Bonchev–Trinajstić information content (AvgIpc) is 3.14. The first-order valence-electron chi connectivity index (χ1n) is 21.1. The van der Waals surface area contributed by atoms with Crippen LogP contribution in [-0.4, -0.2) is 49.3 Å². The number of carbonyl (C=O) groups is 2. The van der Waals surface area contributed by atoms with E-state index in [4.69, 9.17) is 24.3 Å². The Kier molecular flexibility index (Phi) is 38.1. The molecule has 9 nitrogen and oxygen atoms in total. The lowest BCUT2D eigenvalue weighted by molar-refractivity contribution is -0.161. The minimum atomic E-state index is -4.38. The number of phosphoric ester groups is 1. The molecule has 0 bridgehead atoms. The number of ether oxygens (including phenoxy) is 2. The number of hydrogen-bond acceptors (Lipinski definition) is 8. The third-order valence-electron chi connectivity index (χ3n) is 8.73. The normalized spacial score (nSPS) is 13.8. The summed E-state index contributed by atoms with van der Waals surface area (Å²) >= 11 is 0. The lowest BCUT2D eigenvalue weighted by Crippen LogP contribution is -2.29. The first-order chi connectivity index (χ1) is 25.8. The maximum atomic E-state index is 12.6. The molecule has 2 atom stereocenters. The molecule has 10 heteroatoms. The Labute approximate surface area is 324 Å². The van der Waals surface area contributed by atoms with Gasteiger partial charge in [-0.05, 0) is 51.4 Å². The average molecular weight is 768 g/mol. The molecule has 0 rings (SSSR count). The van der Waals surface area contributed by atoms with Crippen LogP contribution in [0.3, 0.4) is 0 Å². The van der Waals surface area contributed by atoms with Crippen LogP contribution in [0.1, 0.15) is 181 Å². The topological polar surface area (TPSA) is 134 Å². The predicted octanol–water partition coefficient (Wildman–Crippen LogP) is 11.9.